The first-order valence-corrected chi connectivity index (χ1v) is 12.1. The number of carbonyl (C=O) groups excluding carboxylic acids is 2. The van der Waals surface area contributed by atoms with E-state index in [1.54, 1.807) is 42.5 Å². The maximum absolute atomic E-state index is 13.4. The van der Waals surface area contributed by atoms with Gasteiger partial charge in [0.25, 0.3) is 11.7 Å². The number of carbonyl (C=O) groups is 2. The van der Waals surface area contributed by atoms with Crippen LogP contribution in [0.3, 0.4) is 0 Å². The van der Waals surface area contributed by atoms with Crippen molar-refractivity contribution in [1.29, 1.82) is 0 Å². The molecular formula is C29H27Cl2NO3. The zero-order valence-corrected chi connectivity index (χ0v) is 21.8. The van der Waals surface area contributed by atoms with Gasteiger partial charge >= 0.3 is 0 Å². The Balaban J connectivity index is 1.98. The molecule has 6 heteroatoms. The number of aliphatic hydroxyl groups is 1. The van der Waals surface area contributed by atoms with Crippen molar-refractivity contribution in [2.45, 2.75) is 46.1 Å². The van der Waals surface area contributed by atoms with Gasteiger partial charge in [-0.15, -0.1) is 0 Å². The van der Waals surface area contributed by atoms with Crippen molar-refractivity contribution in [3.8, 4) is 0 Å². The summed E-state index contributed by atoms with van der Waals surface area (Å²) in [6, 6.07) is 17.1. The molecule has 1 fully saturated rings. The number of aryl methyl sites for hydroxylation is 2. The molecule has 1 N–H and O–H groups in total. The third-order valence-corrected chi connectivity index (χ3v) is 7.08. The number of rotatable bonds is 3. The maximum atomic E-state index is 13.4. The summed E-state index contributed by atoms with van der Waals surface area (Å²) in [7, 11) is 0. The Bertz CT molecular complexity index is 1370. The Morgan fingerprint density at radius 3 is 2.11 bits per heavy atom. The first-order valence-electron chi connectivity index (χ1n) is 11.3. The van der Waals surface area contributed by atoms with E-state index >= 15 is 0 Å². The van der Waals surface area contributed by atoms with Crippen molar-refractivity contribution in [2.75, 3.05) is 4.90 Å². The Kier molecular flexibility index (Phi) is 6.56. The van der Waals surface area contributed by atoms with Crippen LogP contribution in [0.25, 0.3) is 5.76 Å². The summed E-state index contributed by atoms with van der Waals surface area (Å²) in [5.74, 6) is -1.68. The van der Waals surface area contributed by atoms with Gasteiger partial charge in [0, 0.05) is 21.3 Å². The minimum absolute atomic E-state index is 0.0307. The number of ketones is 1. The molecule has 1 unspecified atom stereocenters. The second kappa shape index (κ2) is 9.18. The van der Waals surface area contributed by atoms with Gasteiger partial charge in [0.1, 0.15) is 5.76 Å². The van der Waals surface area contributed by atoms with Crippen molar-refractivity contribution in [1.82, 2.24) is 0 Å². The quantitative estimate of drug-likeness (QED) is 0.226. The molecule has 0 spiro atoms. The molecule has 35 heavy (non-hydrogen) atoms. The Morgan fingerprint density at radius 2 is 1.51 bits per heavy atom. The topological polar surface area (TPSA) is 57.6 Å². The Morgan fingerprint density at radius 1 is 0.886 bits per heavy atom. The van der Waals surface area contributed by atoms with E-state index in [-0.39, 0.29) is 16.7 Å². The van der Waals surface area contributed by atoms with Crippen LogP contribution in [0.5, 0.6) is 0 Å². The second-order valence-corrected chi connectivity index (χ2v) is 10.8. The Hall–Kier alpha value is -3.08. The van der Waals surface area contributed by atoms with Crippen molar-refractivity contribution in [2.24, 2.45) is 0 Å². The molecule has 0 bridgehead atoms. The molecule has 4 rings (SSSR count). The fourth-order valence-electron chi connectivity index (χ4n) is 4.28. The summed E-state index contributed by atoms with van der Waals surface area (Å²) in [5, 5.41) is 12.6. The van der Waals surface area contributed by atoms with Crippen molar-refractivity contribution in [3.63, 3.8) is 0 Å². The third kappa shape index (κ3) is 4.61. The molecule has 0 aromatic heterocycles. The van der Waals surface area contributed by atoms with Crippen molar-refractivity contribution < 1.29 is 14.7 Å². The smallest absolute Gasteiger partial charge is 0.300 e. The molecule has 1 atom stereocenters. The van der Waals surface area contributed by atoms with Crippen LogP contribution in [-0.4, -0.2) is 16.8 Å². The van der Waals surface area contributed by atoms with E-state index in [9.17, 15) is 14.7 Å². The van der Waals surface area contributed by atoms with Gasteiger partial charge in [-0.3, -0.25) is 14.5 Å². The highest BCUT2D eigenvalue weighted by molar-refractivity contribution is 6.52. The summed E-state index contributed by atoms with van der Waals surface area (Å²) in [6.45, 7) is 9.97. The molecule has 1 aliphatic rings. The average Bonchev–Trinajstić information content (AvgIpc) is 3.06. The van der Waals surface area contributed by atoms with Gasteiger partial charge in [-0.2, -0.15) is 0 Å². The number of benzene rings is 3. The van der Waals surface area contributed by atoms with E-state index in [0.29, 0.717) is 26.9 Å². The van der Waals surface area contributed by atoms with Gasteiger partial charge in [-0.05, 0) is 71.8 Å². The van der Waals surface area contributed by atoms with Gasteiger partial charge in [0.15, 0.2) is 0 Å². The van der Waals surface area contributed by atoms with Crippen LogP contribution in [0.2, 0.25) is 10.0 Å². The Labute approximate surface area is 215 Å². The van der Waals surface area contributed by atoms with E-state index in [4.69, 9.17) is 23.2 Å². The summed E-state index contributed by atoms with van der Waals surface area (Å²) in [6.07, 6.45) is 0. The van der Waals surface area contributed by atoms with Gasteiger partial charge in [-0.1, -0.05) is 74.3 Å². The average molecular weight is 508 g/mol. The standard InChI is InChI=1S/C29H27Cl2NO3/c1-16-6-10-19(29(3,4)5)14-22(16)26(33)24-25(18-8-11-20(30)12-9-18)32(28(35)27(24)34)21-13-7-17(2)23(31)15-21/h6-15,25,33H,1-5H3/b26-24+. The highest BCUT2D eigenvalue weighted by Crippen LogP contribution is 2.43. The highest BCUT2D eigenvalue weighted by atomic mass is 35.5. The number of aliphatic hydroxyl groups excluding tert-OH is 1. The largest absolute Gasteiger partial charge is 0.507 e. The molecule has 0 saturated carbocycles. The summed E-state index contributed by atoms with van der Waals surface area (Å²) in [5.41, 5.74) is 4.17. The number of hydrogen-bond donors (Lipinski definition) is 1. The molecular weight excluding hydrogens is 481 g/mol. The van der Waals surface area contributed by atoms with Crippen LogP contribution < -0.4 is 4.90 Å². The predicted octanol–water partition coefficient (Wildman–Crippen LogP) is 7.53. The lowest BCUT2D eigenvalue weighted by Gasteiger charge is -2.26. The van der Waals surface area contributed by atoms with Crippen molar-refractivity contribution >= 4 is 46.3 Å². The van der Waals surface area contributed by atoms with E-state index in [2.05, 4.69) is 20.8 Å². The zero-order chi connectivity index (χ0) is 25.7. The fraction of sp³-hybridized carbons (Fsp3) is 0.241. The number of Topliss-reactive ketones (excluding diaryl/α,β-unsaturated/α-hetero) is 1. The van der Waals surface area contributed by atoms with E-state index in [1.165, 1.54) is 4.90 Å². The van der Waals surface area contributed by atoms with Crippen LogP contribution >= 0.6 is 23.2 Å². The lowest BCUT2D eigenvalue weighted by Crippen LogP contribution is -2.29. The zero-order valence-electron chi connectivity index (χ0n) is 20.3. The fourth-order valence-corrected chi connectivity index (χ4v) is 4.58. The van der Waals surface area contributed by atoms with Crippen LogP contribution in [0.1, 0.15) is 54.6 Å². The SMILES string of the molecule is Cc1ccc(N2C(=O)C(=O)/C(=C(/O)c3cc(C(C)(C)C)ccc3C)C2c2ccc(Cl)cc2)cc1Cl. The summed E-state index contributed by atoms with van der Waals surface area (Å²) in [4.78, 5) is 28.2. The normalized spacial score (nSPS) is 17.8. The lowest BCUT2D eigenvalue weighted by atomic mass is 9.84. The first kappa shape index (κ1) is 25.0. The van der Waals surface area contributed by atoms with Crippen LogP contribution in [0, 0.1) is 13.8 Å². The number of halogens is 2. The van der Waals surface area contributed by atoms with E-state index < -0.39 is 17.7 Å². The number of amides is 1. The monoisotopic (exact) mass is 507 g/mol. The molecule has 1 heterocycles. The van der Waals surface area contributed by atoms with Crippen molar-refractivity contribution in [3.05, 3.63) is 104 Å². The number of nitrogens with zero attached hydrogens (tertiary/aromatic N) is 1. The summed E-state index contributed by atoms with van der Waals surface area (Å²) >= 11 is 12.5. The predicted molar refractivity (Wildman–Crippen MR) is 142 cm³/mol. The van der Waals surface area contributed by atoms with Crippen LogP contribution in [0.15, 0.2) is 66.2 Å². The molecule has 3 aromatic rings. The minimum atomic E-state index is -0.844. The maximum Gasteiger partial charge on any atom is 0.300 e. The molecule has 0 aliphatic carbocycles. The number of anilines is 1. The number of hydrogen-bond acceptors (Lipinski definition) is 3. The van der Waals surface area contributed by atoms with Crippen LogP contribution in [0.4, 0.5) is 5.69 Å². The molecule has 1 saturated heterocycles. The van der Waals surface area contributed by atoms with E-state index in [1.807, 2.05) is 32.0 Å². The third-order valence-electron chi connectivity index (χ3n) is 6.42. The first-order chi connectivity index (χ1) is 16.4. The highest BCUT2D eigenvalue weighted by Gasteiger charge is 2.47. The summed E-state index contributed by atoms with van der Waals surface area (Å²) < 4.78 is 0. The molecule has 1 amide bonds. The van der Waals surface area contributed by atoms with Crippen LogP contribution in [-0.2, 0) is 15.0 Å². The molecule has 180 valence electrons. The van der Waals surface area contributed by atoms with Gasteiger partial charge < -0.3 is 5.11 Å². The second-order valence-electron chi connectivity index (χ2n) is 9.93. The molecule has 1 aliphatic heterocycles. The van der Waals surface area contributed by atoms with Gasteiger partial charge in [0.2, 0.25) is 0 Å². The molecule has 0 radical (unpaired) electrons. The van der Waals surface area contributed by atoms with E-state index in [0.717, 1.165) is 16.7 Å². The molecule has 3 aromatic carbocycles. The van der Waals surface area contributed by atoms with Gasteiger partial charge in [-0.25, -0.2) is 0 Å². The minimum Gasteiger partial charge on any atom is -0.507 e. The lowest BCUT2D eigenvalue weighted by molar-refractivity contribution is -0.132. The molecule has 4 nitrogen and oxygen atoms in total. The van der Waals surface area contributed by atoms with Gasteiger partial charge in [0.05, 0.1) is 11.6 Å².